The molecule has 0 spiro atoms. The van der Waals surface area contributed by atoms with Crippen molar-refractivity contribution in [2.75, 3.05) is 5.32 Å². The monoisotopic (exact) mass is 336 g/mol. The molecule has 7 nitrogen and oxygen atoms in total. The lowest BCUT2D eigenvalue weighted by Crippen LogP contribution is -2.44. The lowest BCUT2D eigenvalue weighted by atomic mass is 10.3. The molecule has 0 radical (unpaired) electrons. The molecule has 1 aromatic carbocycles. The number of amides is 1. The van der Waals surface area contributed by atoms with Crippen molar-refractivity contribution in [3.05, 3.63) is 56.8 Å². The van der Waals surface area contributed by atoms with Crippen LogP contribution in [0, 0.1) is 10.1 Å². The van der Waals surface area contributed by atoms with Crippen LogP contribution in [0.5, 0.6) is 0 Å². The first-order valence-electron chi connectivity index (χ1n) is 6.17. The molecule has 0 atom stereocenters. The van der Waals surface area contributed by atoms with Gasteiger partial charge in [-0.2, -0.15) is 0 Å². The van der Waals surface area contributed by atoms with Crippen LogP contribution in [-0.2, 0) is 11.2 Å². The van der Waals surface area contributed by atoms with Gasteiger partial charge in [0.1, 0.15) is 0 Å². The number of benzene rings is 1. The van der Waals surface area contributed by atoms with Gasteiger partial charge in [0.05, 0.1) is 11.3 Å². The molecule has 114 valence electrons. The van der Waals surface area contributed by atoms with Gasteiger partial charge in [-0.05, 0) is 29.7 Å². The van der Waals surface area contributed by atoms with Crippen LogP contribution in [0.4, 0.5) is 11.4 Å². The Morgan fingerprint density at radius 2 is 2.09 bits per heavy atom. The van der Waals surface area contributed by atoms with Crippen LogP contribution in [-0.4, -0.2) is 15.9 Å². The molecule has 2 rings (SSSR count). The van der Waals surface area contributed by atoms with E-state index in [1.54, 1.807) is 12.1 Å². The number of hydrogen-bond acceptors (Lipinski definition) is 5. The number of nitro groups is 1. The molecule has 0 fully saturated rings. The van der Waals surface area contributed by atoms with Crippen molar-refractivity contribution in [1.82, 2.24) is 10.9 Å². The van der Waals surface area contributed by atoms with Crippen molar-refractivity contribution < 1.29 is 9.72 Å². The van der Waals surface area contributed by atoms with E-state index in [0.717, 1.165) is 4.88 Å². The maximum atomic E-state index is 11.7. The second-order valence-corrected chi connectivity index (χ2v) is 5.63. The predicted octanol–water partition coefficient (Wildman–Crippen LogP) is 2.22. The van der Waals surface area contributed by atoms with Crippen molar-refractivity contribution in [2.45, 2.75) is 6.42 Å². The lowest BCUT2D eigenvalue weighted by Gasteiger charge is -2.11. The van der Waals surface area contributed by atoms with Crippen LogP contribution in [0.15, 0.2) is 41.8 Å². The molecule has 0 saturated carbocycles. The number of rotatable bonds is 4. The highest BCUT2D eigenvalue weighted by atomic mass is 32.1. The number of carbonyl (C=O) groups is 1. The number of thiophene rings is 1. The Bertz CT molecular complexity index is 688. The summed E-state index contributed by atoms with van der Waals surface area (Å²) in [6.45, 7) is 0. The van der Waals surface area contributed by atoms with Gasteiger partial charge < -0.3 is 5.32 Å². The zero-order chi connectivity index (χ0) is 15.9. The Balaban J connectivity index is 1.81. The van der Waals surface area contributed by atoms with E-state index in [0.29, 0.717) is 5.69 Å². The van der Waals surface area contributed by atoms with E-state index in [1.165, 1.54) is 23.5 Å². The number of anilines is 1. The van der Waals surface area contributed by atoms with Gasteiger partial charge in [0, 0.05) is 22.7 Å². The summed E-state index contributed by atoms with van der Waals surface area (Å²) in [7, 11) is 0. The second kappa shape index (κ2) is 7.48. The van der Waals surface area contributed by atoms with Gasteiger partial charge in [-0.25, -0.2) is 0 Å². The molecule has 1 aromatic heterocycles. The predicted molar refractivity (Wildman–Crippen MR) is 88.6 cm³/mol. The van der Waals surface area contributed by atoms with E-state index in [1.807, 2.05) is 17.5 Å². The van der Waals surface area contributed by atoms with Gasteiger partial charge in [-0.1, -0.05) is 12.1 Å². The molecule has 22 heavy (non-hydrogen) atoms. The fraction of sp³-hybridized carbons (Fsp3) is 0.0769. The van der Waals surface area contributed by atoms with Crippen molar-refractivity contribution in [3.63, 3.8) is 0 Å². The van der Waals surface area contributed by atoms with Gasteiger partial charge in [0.15, 0.2) is 5.11 Å². The Kier molecular flexibility index (Phi) is 5.39. The van der Waals surface area contributed by atoms with E-state index >= 15 is 0 Å². The molecular weight excluding hydrogens is 324 g/mol. The molecule has 0 aliphatic heterocycles. The quantitative estimate of drug-likeness (QED) is 0.450. The van der Waals surface area contributed by atoms with Crippen LogP contribution in [0.25, 0.3) is 0 Å². The summed E-state index contributed by atoms with van der Waals surface area (Å²) in [5, 5.41) is 15.5. The third kappa shape index (κ3) is 4.79. The summed E-state index contributed by atoms with van der Waals surface area (Å²) in [6.07, 6.45) is 0.254. The van der Waals surface area contributed by atoms with Gasteiger partial charge >= 0.3 is 0 Å². The summed E-state index contributed by atoms with van der Waals surface area (Å²) in [5.41, 5.74) is 5.42. The minimum Gasteiger partial charge on any atom is -0.331 e. The zero-order valence-electron chi connectivity index (χ0n) is 11.2. The summed E-state index contributed by atoms with van der Waals surface area (Å²) in [4.78, 5) is 22.8. The molecule has 3 N–H and O–H groups in total. The van der Waals surface area contributed by atoms with Crippen molar-refractivity contribution in [1.29, 1.82) is 0 Å². The molecule has 2 aromatic rings. The number of hydrogen-bond donors (Lipinski definition) is 3. The number of non-ortho nitro benzene ring substituents is 1. The average molecular weight is 336 g/mol. The summed E-state index contributed by atoms with van der Waals surface area (Å²) < 4.78 is 0. The Labute approximate surface area is 135 Å². The SMILES string of the molecule is O=C(Cc1cccs1)NNC(=S)Nc1cccc([N+](=O)[O-])c1. The van der Waals surface area contributed by atoms with Gasteiger partial charge in [-0.15, -0.1) is 11.3 Å². The van der Waals surface area contributed by atoms with E-state index in [9.17, 15) is 14.9 Å². The van der Waals surface area contributed by atoms with Crippen molar-refractivity contribution in [3.8, 4) is 0 Å². The number of thiocarbonyl (C=S) groups is 1. The van der Waals surface area contributed by atoms with E-state index in [4.69, 9.17) is 12.2 Å². The first-order valence-corrected chi connectivity index (χ1v) is 7.46. The smallest absolute Gasteiger partial charge is 0.271 e. The van der Waals surface area contributed by atoms with Crippen LogP contribution in [0.2, 0.25) is 0 Å². The summed E-state index contributed by atoms with van der Waals surface area (Å²) in [5.74, 6) is -0.231. The summed E-state index contributed by atoms with van der Waals surface area (Å²) >= 11 is 6.50. The maximum Gasteiger partial charge on any atom is 0.271 e. The van der Waals surface area contributed by atoms with Gasteiger partial charge in [-0.3, -0.25) is 25.8 Å². The molecular formula is C13H12N4O3S2. The first-order chi connectivity index (χ1) is 10.5. The zero-order valence-corrected chi connectivity index (χ0v) is 12.9. The van der Waals surface area contributed by atoms with Crippen molar-refractivity contribution >= 4 is 45.9 Å². The van der Waals surface area contributed by atoms with E-state index < -0.39 is 4.92 Å². The molecule has 0 aliphatic carbocycles. The van der Waals surface area contributed by atoms with Crippen LogP contribution in [0.1, 0.15) is 4.88 Å². The van der Waals surface area contributed by atoms with Gasteiger partial charge in [0.25, 0.3) is 5.69 Å². The maximum absolute atomic E-state index is 11.7. The largest absolute Gasteiger partial charge is 0.331 e. The highest BCUT2D eigenvalue weighted by Crippen LogP contribution is 2.16. The van der Waals surface area contributed by atoms with E-state index in [2.05, 4.69) is 16.2 Å². The number of nitrogens with zero attached hydrogens (tertiary/aromatic N) is 1. The molecule has 0 bridgehead atoms. The Morgan fingerprint density at radius 3 is 2.77 bits per heavy atom. The van der Waals surface area contributed by atoms with Crippen LogP contribution < -0.4 is 16.2 Å². The second-order valence-electron chi connectivity index (χ2n) is 4.19. The molecule has 0 saturated heterocycles. The minimum atomic E-state index is -0.496. The number of nitrogens with one attached hydrogen (secondary N) is 3. The lowest BCUT2D eigenvalue weighted by molar-refractivity contribution is -0.384. The molecule has 1 heterocycles. The molecule has 9 heteroatoms. The standard InChI is InChI=1S/C13H12N4O3S2/c18-12(8-11-5-2-6-22-11)15-16-13(21)14-9-3-1-4-10(7-9)17(19)20/h1-7H,8H2,(H,15,18)(H2,14,16,21). The minimum absolute atomic E-state index is 0.0467. The van der Waals surface area contributed by atoms with Gasteiger partial charge in [0.2, 0.25) is 5.91 Å². The first kappa shape index (κ1) is 15.9. The third-order valence-electron chi connectivity index (χ3n) is 2.55. The number of hydrazine groups is 1. The average Bonchev–Trinajstić information content (AvgIpc) is 2.98. The number of nitro benzene ring substituents is 1. The Hall–Kier alpha value is -2.52. The normalized spacial score (nSPS) is 9.82. The Morgan fingerprint density at radius 1 is 1.27 bits per heavy atom. The molecule has 0 aliphatic rings. The van der Waals surface area contributed by atoms with Crippen LogP contribution >= 0.6 is 23.6 Å². The third-order valence-corrected chi connectivity index (χ3v) is 3.63. The number of carbonyl (C=O) groups excluding carboxylic acids is 1. The van der Waals surface area contributed by atoms with Crippen molar-refractivity contribution in [2.24, 2.45) is 0 Å². The summed E-state index contributed by atoms with van der Waals surface area (Å²) in [6, 6.07) is 9.64. The molecule has 0 unspecified atom stereocenters. The topological polar surface area (TPSA) is 96.3 Å². The van der Waals surface area contributed by atoms with Crippen LogP contribution in [0.3, 0.4) is 0 Å². The fourth-order valence-corrected chi connectivity index (χ4v) is 2.47. The fourth-order valence-electron chi connectivity index (χ4n) is 1.60. The van der Waals surface area contributed by atoms with E-state index in [-0.39, 0.29) is 23.1 Å². The highest BCUT2D eigenvalue weighted by molar-refractivity contribution is 7.80. The highest BCUT2D eigenvalue weighted by Gasteiger charge is 2.07. The molecule has 1 amide bonds.